The summed E-state index contributed by atoms with van der Waals surface area (Å²) in [5.41, 5.74) is 6.04. The van der Waals surface area contributed by atoms with Crippen molar-refractivity contribution < 1.29 is 14.6 Å². The van der Waals surface area contributed by atoms with Crippen LogP contribution in [0.15, 0.2) is 17.5 Å². The van der Waals surface area contributed by atoms with Crippen LogP contribution in [0, 0.1) is 5.92 Å². The molecule has 1 saturated heterocycles. The van der Waals surface area contributed by atoms with Crippen molar-refractivity contribution in [2.24, 2.45) is 11.7 Å². The fourth-order valence-corrected chi connectivity index (χ4v) is 4.41. The zero-order valence-corrected chi connectivity index (χ0v) is 15.4. The van der Waals surface area contributed by atoms with Gasteiger partial charge in [0.25, 0.3) is 0 Å². The Bertz CT molecular complexity index is 514. The van der Waals surface area contributed by atoms with E-state index in [0.29, 0.717) is 26.2 Å². The van der Waals surface area contributed by atoms with E-state index in [-0.39, 0.29) is 36.3 Å². The summed E-state index contributed by atoms with van der Waals surface area (Å²) in [6, 6.07) is 3.97. The highest BCUT2D eigenvalue weighted by Gasteiger charge is 2.35. The van der Waals surface area contributed by atoms with Crippen LogP contribution in [0.25, 0.3) is 0 Å². The van der Waals surface area contributed by atoms with Crippen molar-refractivity contribution in [3.05, 3.63) is 22.4 Å². The van der Waals surface area contributed by atoms with E-state index in [9.17, 15) is 9.90 Å². The summed E-state index contributed by atoms with van der Waals surface area (Å²) in [7, 11) is 0. The van der Waals surface area contributed by atoms with Crippen LogP contribution in [-0.2, 0) is 9.53 Å². The number of hydrogen-bond donors (Lipinski definition) is 2. The molecule has 7 heteroatoms. The number of ether oxygens (including phenoxy) is 1. The van der Waals surface area contributed by atoms with Crippen molar-refractivity contribution in [2.75, 3.05) is 19.8 Å². The molecule has 136 valence electrons. The molecule has 4 unspecified atom stereocenters. The average molecular weight is 375 g/mol. The smallest absolute Gasteiger partial charge is 0.226 e. The molecule has 3 N–H and O–H groups in total. The highest BCUT2D eigenvalue weighted by atomic mass is 35.5. The van der Waals surface area contributed by atoms with Crippen molar-refractivity contribution >= 4 is 29.7 Å². The van der Waals surface area contributed by atoms with Crippen molar-refractivity contribution in [1.82, 2.24) is 4.90 Å². The summed E-state index contributed by atoms with van der Waals surface area (Å²) in [5, 5.41) is 12.4. The first-order valence-electron chi connectivity index (χ1n) is 8.50. The van der Waals surface area contributed by atoms with Crippen molar-refractivity contribution in [3.8, 4) is 0 Å². The second kappa shape index (κ2) is 9.15. The van der Waals surface area contributed by atoms with Crippen molar-refractivity contribution in [2.45, 2.75) is 50.3 Å². The molecule has 0 spiro atoms. The number of halogens is 1. The predicted octanol–water partition coefficient (Wildman–Crippen LogP) is 2.34. The van der Waals surface area contributed by atoms with Crippen LogP contribution in [0.4, 0.5) is 0 Å². The molecule has 2 aliphatic rings. The van der Waals surface area contributed by atoms with E-state index in [4.69, 9.17) is 10.5 Å². The highest BCUT2D eigenvalue weighted by Crippen LogP contribution is 2.29. The van der Waals surface area contributed by atoms with Crippen LogP contribution in [0.2, 0.25) is 0 Å². The summed E-state index contributed by atoms with van der Waals surface area (Å²) in [6.45, 7) is 1.70. The summed E-state index contributed by atoms with van der Waals surface area (Å²) < 4.78 is 5.56. The predicted molar refractivity (Wildman–Crippen MR) is 97.4 cm³/mol. The molecule has 0 bridgehead atoms. The Balaban J connectivity index is 0.00000208. The Hall–Kier alpha value is -0.660. The minimum atomic E-state index is -0.536. The number of hydrogen-bond acceptors (Lipinski definition) is 5. The van der Waals surface area contributed by atoms with Crippen LogP contribution in [0.1, 0.15) is 43.1 Å². The van der Waals surface area contributed by atoms with Gasteiger partial charge in [0.1, 0.15) is 0 Å². The lowest BCUT2D eigenvalue weighted by atomic mass is 9.84. The van der Waals surface area contributed by atoms with Gasteiger partial charge in [0.2, 0.25) is 5.91 Å². The second-order valence-corrected chi connectivity index (χ2v) is 7.63. The molecule has 1 saturated carbocycles. The molecular weight excluding hydrogens is 348 g/mol. The van der Waals surface area contributed by atoms with E-state index in [1.807, 2.05) is 22.4 Å². The topological polar surface area (TPSA) is 75.8 Å². The van der Waals surface area contributed by atoms with Gasteiger partial charge in [0, 0.05) is 29.8 Å². The molecule has 1 aliphatic heterocycles. The Morgan fingerprint density at radius 2 is 2.33 bits per heavy atom. The maximum atomic E-state index is 12.9. The third-order valence-corrected chi connectivity index (χ3v) is 5.92. The molecule has 2 heterocycles. The molecular formula is C17H27ClN2O3S. The van der Waals surface area contributed by atoms with Gasteiger partial charge in [-0.05, 0) is 30.7 Å². The largest absolute Gasteiger partial charge is 0.387 e. The van der Waals surface area contributed by atoms with Gasteiger partial charge < -0.3 is 20.5 Å². The van der Waals surface area contributed by atoms with Gasteiger partial charge in [-0.3, -0.25) is 4.79 Å². The number of nitrogens with two attached hydrogens (primary N) is 1. The lowest BCUT2D eigenvalue weighted by Crippen LogP contribution is -2.52. The van der Waals surface area contributed by atoms with Crippen LogP contribution >= 0.6 is 23.7 Å². The van der Waals surface area contributed by atoms with E-state index in [2.05, 4.69) is 0 Å². The van der Waals surface area contributed by atoms with Gasteiger partial charge in [-0.2, -0.15) is 0 Å². The number of nitrogens with zero attached hydrogens (tertiary/aromatic N) is 1. The number of thiophene rings is 1. The van der Waals surface area contributed by atoms with Gasteiger partial charge in [-0.1, -0.05) is 12.5 Å². The lowest BCUT2D eigenvalue weighted by molar-refractivity contribution is -0.146. The molecule has 3 rings (SSSR count). The molecule has 0 aromatic carbocycles. The Morgan fingerprint density at radius 3 is 3.04 bits per heavy atom. The first-order chi connectivity index (χ1) is 11.1. The van der Waals surface area contributed by atoms with Crippen LogP contribution in [0.5, 0.6) is 0 Å². The molecule has 1 aromatic heterocycles. The van der Waals surface area contributed by atoms with Crippen LogP contribution < -0.4 is 5.73 Å². The van der Waals surface area contributed by atoms with E-state index < -0.39 is 6.10 Å². The van der Waals surface area contributed by atoms with E-state index in [1.165, 1.54) is 0 Å². The fraction of sp³-hybridized carbons (Fsp3) is 0.706. The first kappa shape index (κ1) is 19.7. The van der Waals surface area contributed by atoms with Gasteiger partial charge in [-0.25, -0.2) is 0 Å². The number of carbonyl (C=O) groups excluding carboxylic acids is 1. The zero-order chi connectivity index (χ0) is 16.2. The molecule has 1 aromatic rings. The minimum absolute atomic E-state index is 0. The number of carbonyl (C=O) groups is 1. The quantitative estimate of drug-likeness (QED) is 0.848. The SMILES string of the molecule is Cl.NC1CCCC(C(=O)N2CCOCC2CC(O)c2cccs2)C1. The third kappa shape index (κ3) is 4.70. The summed E-state index contributed by atoms with van der Waals surface area (Å²) >= 11 is 1.55. The maximum Gasteiger partial charge on any atom is 0.226 e. The summed E-state index contributed by atoms with van der Waals surface area (Å²) in [4.78, 5) is 15.8. The molecule has 4 atom stereocenters. The van der Waals surface area contributed by atoms with Crippen molar-refractivity contribution in [1.29, 1.82) is 0 Å². The standard InChI is InChI=1S/C17H26N2O3S.ClH/c18-13-4-1-3-12(9-13)17(21)19-6-7-22-11-14(19)10-15(20)16-5-2-8-23-16;/h2,5,8,12-15,20H,1,3-4,6-7,9-11,18H2;1H. The molecule has 5 nitrogen and oxygen atoms in total. The average Bonchev–Trinajstić information content (AvgIpc) is 3.09. The maximum absolute atomic E-state index is 12.9. The normalized spacial score (nSPS) is 28.9. The number of amides is 1. The number of aliphatic hydroxyl groups is 1. The van der Waals surface area contributed by atoms with Gasteiger partial charge in [0.15, 0.2) is 0 Å². The number of morpholine rings is 1. The molecule has 24 heavy (non-hydrogen) atoms. The number of aliphatic hydroxyl groups excluding tert-OH is 1. The highest BCUT2D eigenvalue weighted by molar-refractivity contribution is 7.10. The minimum Gasteiger partial charge on any atom is -0.387 e. The fourth-order valence-electron chi connectivity index (χ4n) is 3.68. The first-order valence-corrected chi connectivity index (χ1v) is 9.38. The third-order valence-electron chi connectivity index (χ3n) is 4.94. The van der Waals surface area contributed by atoms with E-state index in [1.54, 1.807) is 11.3 Å². The van der Waals surface area contributed by atoms with Gasteiger partial charge >= 0.3 is 0 Å². The molecule has 2 fully saturated rings. The number of rotatable bonds is 4. The summed E-state index contributed by atoms with van der Waals surface area (Å²) in [6.07, 6.45) is 3.77. The van der Waals surface area contributed by atoms with E-state index in [0.717, 1.165) is 30.6 Å². The molecule has 0 radical (unpaired) electrons. The van der Waals surface area contributed by atoms with E-state index >= 15 is 0 Å². The van der Waals surface area contributed by atoms with Crippen molar-refractivity contribution in [3.63, 3.8) is 0 Å². The Morgan fingerprint density at radius 1 is 1.50 bits per heavy atom. The zero-order valence-electron chi connectivity index (χ0n) is 13.8. The monoisotopic (exact) mass is 374 g/mol. The second-order valence-electron chi connectivity index (χ2n) is 6.65. The summed E-state index contributed by atoms with van der Waals surface area (Å²) in [5.74, 6) is 0.241. The van der Waals surface area contributed by atoms with Crippen LogP contribution in [-0.4, -0.2) is 47.8 Å². The Labute approximate surface area is 153 Å². The lowest BCUT2D eigenvalue weighted by Gasteiger charge is -2.39. The molecule has 1 aliphatic carbocycles. The Kier molecular flexibility index (Phi) is 7.50. The molecule has 1 amide bonds. The van der Waals surface area contributed by atoms with Gasteiger partial charge in [0.05, 0.1) is 25.4 Å². The van der Waals surface area contributed by atoms with Crippen LogP contribution in [0.3, 0.4) is 0 Å². The van der Waals surface area contributed by atoms with Gasteiger partial charge in [-0.15, -0.1) is 23.7 Å².